The Kier molecular flexibility index (Phi) is 2.29. The molecule has 2 fully saturated rings. The lowest BCUT2D eigenvalue weighted by atomic mass is 10.0. The maximum Gasteiger partial charge on any atom is 0.0723 e. The van der Waals surface area contributed by atoms with E-state index in [0.29, 0.717) is 0 Å². The van der Waals surface area contributed by atoms with Gasteiger partial charge in [0.2, 0.25) is 0 Å². The second kappa shape index (κ2) is 3.14. The average molecular weight is 191 g/mol. The van der Waals surface area contributed by atoms with Crippen molar-refractivity contribution in [3.8, 4) is 0 Å². The molecule has 0 bridgehead atoms. The molecule has 4 atom stereocenters. The highest BCUT2D eigenvalue weighted by atomic mass is 35.5. The molecule has 0 amide bonds. The lowest BCUT2D eigenvalue weighted by Gasteiger charge is -2.23. The van der Waals surface area contributed by atoms with Gasteiger partial charge >= 0.3 is 0 Å². The molecule has 2 rings (SSSR count). The number of likely N-dealkylation sites (N-methyl/N-ethyl adjacent to an activating group) is 1. The van der Waals surface area contributed by atoms with E-state index in [1.54, 1.807) is 0 Å². The van der Waals surface area contributed by atoms with Crippen LogP contribution in [0.25, 0.3) is 0 Å². The summed E-state index contributed by atoms with van der Waals surface area (Å²) in [5, 5.41) is 13.0. The van der Waals surface area contributed by atoms with E-state index in [2.05, 4.69) is 10.2 Å². The van der Waals surface area contributed by atoms with Crippen LogP contribution >= 0.6 is 11.6 Å². The van der Waals surface area contributed by atoms with Crippen LogP contribution in [0.4, 0.5) is 0 Å². The van der Waals surface area contributed by atoms with E-state index in [-0.39, 0.29) is 23.6 Å². The Morgan fingerprint density at radius 1 is 1.58 bits per heavy atom. The zero-order chi connectivity index (χ0) is 8.72. The van der Waals surface area contributed by atoms with Crippen LogP contribution in [0.1, 0.15) is 6.42 Å². The van der Waals surface area contributed by atoms with Gasteiger partial charge in [0.15, 0.2) is 0 Å². The highest BCUT2D eigenvalue weighted by Crippen LogP contribution is 2.30. The molecule has 0 spiro atoms. The molecule has 0 aliphatic carbocycles. The zero-order valence-electron chi connectivity index (χ0n) is 7.20. The summed E-state index contributed by atoms with van der Waals surface area (Å²) >= 11 is 6.13. The van der Waals surface area contributed by atoms with E-state index in [0.717, 1.165) is 19.5 Å². The molecular formula is C8H15ClN2O. The van der Waals surface area contributed by atoms with Crippen molar-refractivity contribution in [1.82, 2.24) is 10.2 Å². The summed E-state index contributed by atoms with van der Waals surface area (Å²) in [5.74, 6) is 0. The lowest BCUT2D eigenvalue weighted by Crippen LogP contribution is -2.45. The molecule has 0 aromatic rings. The molecule has 70 valence electrons. The smallest absolute Gasteiger partial charge is 0.0723 e. The number of aliphatic hydroxyl groups excluding tert-OH is 1. The molecule has 0 aromatic heterocycles. The van der Waals surface area contributed by atoms with Crippen molar-refractivity contribution in [3.63, 3.8) is 0 Å². The maximum atomic E-state index is 9.68. The number of hydrogen-bond acceptors (Lipinski definition) is 3. The third kappa shape index (κ3) is 1.16. The number of nitrogens with one attached hydrogen (secondary N) is 1. The summed E-state index contributed by atoms with van der Waals surface area (Å²) in [7, 11) is 1.91. The van der Waals surface area contributed by atoms with E-state index in [1.807, 2.05) is 7.05 Å². The zero-order valence-corrected chi connectivity index (χ0v) is 7.96. The molecule has 2 heterocycles. The van der Waals surface area contributed by atoms with Gasteiger partial charge in [0, 0.05) is 19.1 Å². The Morgan fingerprint density at radius 2 is 2.33 bits per heavy atom. The van der Waals surface area contributed by atoms with Gasteiger partial charge in [-0.05, 0) is 13.5 Å². The van der Waals surface area contributed by atoms with Crippen LogP contribution in [-0.4, -0.2) is 53.7 Å². The molecule has 0 saturated carbocycles. The van der Waals surface area contributed by atoms with E-state index in [9.17, 15) is 5.11 Å². The molecule has 4 heteroatoms. The van der Waals surface area contributed by atoms with Gasteiger partial charge in [-0.25, -0.2) is 0 Å². The summed E-state index contributed by atoms with van der Waals surface area (Å²) in [6.07, 6.45) is 0.707. The van der Waals surface area contributed by atoms with Crippen LogP contribution in [0.5, 0.6) is 0 Å². The van der Waals surface area contributed by atoms with Crippen molar-refractivity contribution in [2.75, 3.05) is 20.1 Å². The molecule has 1 unspecified atom stereocenters. The van der Waals surface area contributed by atoms with Crippen molar-refractivity contribution >= 4 is 11.6 Å². The van der Waals surface area contributed by atoms with Crippen molar-refractivity contribution in [3.05, 3.63) is 0 Å². The van der Waals surface area contributed by atoms with Crippen molar-refractivity contribution in [2.45, 2.75) is 30.0 Å². The normalized spacial score (nSPS) is 48.2. The van der Waals surface area contributed by atoms with Crippen LogP contribution < -0.4 is 5.32 Å². The third-order valence-corrected chi connectivity index (χ3v) is 3.44. The van der Waals surface area contributed by atoms with Crippen molar-refractivity contribution < 1.29 is 5.11 Å². The molecule has 2 aliphatic heterocycles. The molecule has 0 aromatic carbocycles. The fourth-order valence-corrected chi connectivity index (χ4v) is 2.90. The van der Waals surface area contributed by atoms with Crippen LogP contribution in [0.3, 0.4) is 0 Å². The first-order valence-electron chi connectivity index (χ1n) is 4.47. The Hall–Kier alpha value is 0.170. The largest absolute Gasteiger partial charge is 0.391 e. The number of fused-ring (bicyclic) bond motifs is 1. The summed E-state index contributed by atoms with van der Waals surface area (Å²) in [6, 6.07) is 0.502. The van der Waals surface area contributed by atoms with Gasteiger partial charge in [-0.1, -0.05) is 0 Å². The fraction of sp³-hybridized carbons (Fsp3) is 1.00. The monoisotopic (exact) mass is 190 g/mol. The van der Waals surface area contributed by atoms with Gasteiger partial charge in [-0.15, -0.1) is 11.6 Å². The van der Waals surface area contributed by atoms with Crippen LogP contribution in [0, 0.1) is 0 Å². The van der Waals surface area contributed by atoms with E-state index >= 15 is 0 Å². The molecule has 2 N–H and O–H groups in total. The minimum absolute atomic E-state index is 0.148. The second-order valence-corrected chi connectivity index (χ2v) is 4.23. The highest BCUT2D eigenvalue weighted by molar-refractivity contribution is 6.21. The predicted molar refractivity (Wildman–Crippen MR) is 48.5 cm³/mol. The molecule has 12 heavy (non-hydrogen) atoms. The summed E-state index contributed by atoms with van der Waals surface area (Å²) in [5.41, 5.74) is 0. The first kappa shape index (κ1) is 8.75. The molecule has 2 saturated heterocycles. The first-order chi connectivity index (χ1) is 5.74. The summed E-state index contributed by atoms with van der Waals surface area (Å²) in [4.78, 5) is 2.28. The van der Waals surface area contributed by atoms with Gasteiger partial charge in [-0.2, -0.15) is 0 Å². The molecule has 3 nitrogen and oxygen atoms in total. The maximum absolute atomic E-state index is 9.68. The van der Waals surface area contributed by atoms with E-state index < -0.39 is 0 Å². The Balaban J connectivity index is 2.12. The topological polar surface area (TPSA) is 35.5 Å². The molecule has 2 aliphatic rings. The van der Waals surface area contributed by atoms with Crippen LogP contribution in [0.2, 0.25) is 0 Å². The van der Waals surface area contributed by atoms with Gasteiger partial charge in [0.05, 0.1) is 17.5 Å². The SMILES string of the molecule is CN[C@H]1C(Cl)CN2CC[C@H](O)[C@H]12. The standard InChI is InChI=1S/C8H15ClN2O/c1-10-7-5(9)4-11-3-2-6(12)8(7)11/h5-8,10,12H,2-4H2,1H3/t5?,6-,7-,8+/m0/s1. The van der Waals surface area contributed by atoms with Gasteiger partial charge in [0.25, 0.3) is 0 Å². The van der Waals surface area contributed by atoms with E-state index in [1.165, 1.54) is 0 Å². The number of rotatable bonds is 1. The minimum atomic E-state index is -0.189. The summed E-state index contributed by atoms with van der Waals surface area (Å²) < 4.78 is 0. The summed E-state index contributed by atoms with van der Waals surface area (Å²) in [6.45, 7) is 1.90. The number of alkyl halides is 1. The number of aliphatic hydroxyl groups is 1. The number of nitrogens with zero attached hydrogens (tertiary/aromatic N) is 1. The quantitative estimate of drug-likeness (QED) is 0.554. The Labute approximate surface area is 77.7 Å². The fourth-order valence-electron chi connectivity index (χ4n) is 2.44. The van der Waals surface area contributed by atoms with Gasteiger partial charge < -0.3 is 10.4 Å². The number of hydrogen-bond donors (Lipinski definition) is 2. The minimum Gasteiger partial charge on any atom is -0.391 e. The molecular weight excluding hydrogens is 176 g/mol. The van der Waals surface area contributed by atoms with Gasteiger partial charge in [-0.3, -0.25) is 4.90 Å². The Bertz CT molecular complexity index is 178. The molecule has 0 radical (unpaired) electrons. The van der Waals surface area contributed by atoms with E-state index in [4.69, 9.17) is 11.6 Å². The lowest BCUT2D eigenvalue weighted by molar-refractivity contribution is 0.123. The predicted octanol–water partition coefficient (Wildman–Crippen LogP) is -0.369. The second-order valence-electron chi connectivity index (χ2n) is 3.67. The number of halogens is 1. The third-order valence-electron chi connectivity index (χ3n) is 3.03. The van der Waals surface area contributed by atoms with Crippen LogP contribution in [-0.2, 0) is 0 Å². The average Bonchev–Trinajstić information content (AvgIpc) is 2.52. The highest BCUT2D eigenvalue weighted by Gasteiger charge is 2.46. The van der Waals surface area contributed by atoms with Gasteiger partial charge in [0.1, 0.15) is 0 Å². The van der Waals surface area contributed by atoms with Crippen LogP contribution in [0.15, 0.2) is 0 Å². The Morgan fingerprint density at radius 3 is 3.00 bits per heavy atom. The van der Waals surface area contributed by atoms with Crippen molar-refractivity contribution in [1.29, 1.82) is 0 Å². The van der Waals surface area contributed by atoms with Crippen molar-refractivity contribution in [2.24, 2.45) is 0 Å². The first-order valence-corrected chi connectivity index (χ1v) is 4.91.